The van der Waals surface area contributed by atoms with E-state index in [1.54, 1.807) is 12.1 Å². The Morgan fingerprint density at radius 3 is 1.24 bits per heavy atom. The first-order valence-electron chi connectivity index (χ1n) is 16.5. The summed E-state index contributed by atoms with van der Waals surface area (Å²) in [5, 5.41) is 13.0. The second-order valence-corrected chi connectivity index (χ2v) is 14.9. The second kappa shape index (κ2) is 16.2. The summed E-state index contributed by atoms with van der Waals surface area (Å²) in [6, 6.07) is 16.3. The molecule has 4 aromatic carbocycles. The van der Waals surface area contributed by atoms with Gasteiger partial charge in [0.05, 0.1) is 39.8 Å². The van der Waals surface area contributed by atoms with Gasteiger partial charge in [0, 0.05) is 34.6 Å². The number of benzene rings is 4. The van der Waals surface area contributed by atoms with E-state index in [0.717, 1.165) is 12.2 Å². The van der Waals surface area contributed by atoms with Crippen LogP contribution in [0.15, 0.2) is 92.8 Å². The number of hydrogen-bond acceptors (Lipinski definition) is 15. The van der Waals surface area contributed by atoms with E-state index in [-0.39, 0.29) is 33.6 Å². The van der Waals surface area contributed by atoms with Gasteiger partial charge in [-0.2, -0.15) is 27.0 Å². The van der Waals surface area contributed by atoms with Crippen molar-refractivity contribution in [3.8, 4) is 23.0 Å². The van der Waals surface area contributed by atoms with Gasteiger partial charge in [-0.05, 0) is 83.9 Å². The maximum atomic E-state index is 13.5. The fourth-order valence-electron chi connectivity index (χ4n) is 5.78. The van der Waals surface area contributed by atoms with Crippen molar-refractivity contribution in [3.63, 3.8) is 0 Å². The van der Waals surface area contributed by atoms with Crippen molar-refractivity contribution in [1.82, 2.24) is 0 Å². The maximum absolute atomic E-state index is 13.5. The molecule has 4 aromatic rings. The molecule has 0 heterocycles. The Balaban J connectivity index is 1.21. The van der Waals surface area contributed by atoms with Crippen LogP contribution in [0, 0.1) is 0 Å². The van der Waals surface area contributed by atoms with Gasteiger partial charge in [0.2, 0.25) is 11.6 Å². The summed E-state index contributed by atoms with van der Waals surface area (Å²) in [6.07, 6.45) is 2.04. The van der Waals surface area contributed by atoms with E-state index in [0.29, 0.717) is 34.4 Å². The van der Waals surface area contributed by atoms with Gasteiger partial charge in [-0.25, -0.2) is 4.79 Å². The predicted octanol–water partition coefficient (Wildman–Crippen LogP) is 5.15. The van der Waals surface area contributed by atoms with Gasteiger partial charge < -0.3 is 29.6 Å². The van der Waals surface area contributed by atoms with E-state index in [9.17, 15) is 40.3 Å². The van der Waals surface area contributed by atoms with Crippen LogP contribution in [-0.4, -0.2) is 83.4 Å². The predicted molar refractivity (Wildman–Crippen MR) is 214 cm³/mol. The molecule has 6 rings (SSSR count). The number of carbonyl (C=O) groups excluding carboxylic acids is 3. The zero-order chi connectivity index (χ0) is 41.9. The molecule has 300 valence electrons. The van der Waals surface area contributed by atoms with Crippen molar-refractivity contribution >= 4 is 84.2 Å². The number of carbonyl (C=O) groups is 3. The van der Waals surface area contributed by atoms with Crippen LogP contribution in [-0.2, 0) is 20.2 Å². The Morgan fingerprint density at radius 2 is 0.897 bits per heavy atom. The molecule has 0 unspecified atom stereocenters. The van der Waals surface area contributed by atoms with Crippen LogP contribution >= 0.6 is 0 Å². The highest BCUT2D eigenvalue weighted by molar-refractivity contribution is 7.91. The molecule has 19 nitrogen and oxygen atoms in total. The van der Waals surface area contributed by atoms with Crippen LogP contribution in [0.1, 0.15) is 31.8 Å². The van der Waals surface area contributed by atoms with Crippen LogP contribution in [0.2, 0.25) is 0 Å². The quantitative estimate of drug-likeness (QED) is 0.0796. The minimum atomic E-state index is -4.98. The molecule has 2 aliphatic carbocycles. The first kappa shape index (κ1) is 40.6. The summed E-state index contributed by atoms with van der Waals surface area (Å²) in [7, 11) is -4.25. The summed E-state index contributed by atoms with van der Waals surface area (Å²) in [4.78, 5) is 38.4. The van der Waals surface area contributed by atoms with Gasteiger partial charge in [-0.1, -0.05) is 0 Å². The number of nitrogens with one attached hydrogen (secondary N) is 4. The van der Waals surface area contributed by atoms with Crippen molar-refractivity contribution in [1.29, 1.82) is 0 Å². The lowest BCUT2D eigenvalue weighted by molar-refractivity contribution is 0.105. The van der Waals surface area contributed by atoms with Crippen LogP contribution in [0.4, 0.5) is 27.5 Å². The number of Topliss-reactive ketones (excluding diaryl/α,β-unsaturated/α-hetero) is 2. The molecule has 0 saturated heterocycles. The topological polar surface area (TPSA) is 270 Å². The molecule has 0 spiro atoms. The van der Waals surface area contributed by atoms with Gasteiger partial charge in [0.25, 0.3) is 20.2 Å². The number of ether oxygens (including phenoxy) is 4. The zero-order valence-electron chi connectivity index (χ0n) is 30.7. The highest BCUT2D eigenvalue weighted by Gasteiger charge is 2.34. The molecule has 0 aromatic heterocycles. The Morgan fingerprint density at radius 1 is 0.534 bits per heavy atom. The third-order valence-corrected chi connectivity index (χ3v) is 10.2. The highest BCUT2D eigenvalue weighted by Crippen LogP contribution is 2.33. The monoisotopic (exact) mass is 832 g/mol. The van der Waals surface area contributed by atoms with E-state index in [2.05, 4.69) is 31.7 Å². The molecule has 0 radical (unpaired) electrons. The Kier molecular flexibility index (Phi) is 11.3. The smallest absolute Gasteiger partial charge is 0.323 e. The summed E-state index contributed by atoms with van der Waals surface area (Å²) in [5.41, 5.74) is 4.87. The summed E-state index contributed by atoms with van der Waals surface area (Å²) in [6.45, 7) is 0. The average molecular weight is 833 g/mol. The van der Waals surface area contributed by atoms with Gasteiger partial charge in [-0.3, -0.25) is 29.5 Å². The summed E-state index contributed by atoms with van der Waals surface area (Å²) >= 11 is 0. The van der Waals surface area contributed by atoms with Crippen molar-refractivity contribution in [3.05, 3.63) is 105 Å². The number of urea groups is 1. The van der Waals surface area contributed by atoms with E-state index in [1.807, 2.05) is 0 Å². The Bertz CT molecular complexity index is 2560. The Labute approximate surface area is 330 Å². The molecule has 0 fully saturated rings. The number of nitrogens with zero attached hydrogens (tertiary/aromatic N) is 2. The second-order valence-electron chi connectivity index (χ2n) is 12.1. The van der Waals surface area contributed by atoms with Crippen LogP contribution in [0.5, 0.6) is 23.0 Å². The molecule has 6 N–H and O–H groups in total. The van der Waals surface area contributed by atoms with Crippen molar-refractivity contribution in [2.75, 3.05) is 49.9 Å². The summed E-state index contributed by atoms with van der Waals surface area (Å²) < 4.78 is 90.4. The standard InChI is InChI=1S/C37H32N6O13S2/c1-53-27-11-7-23(17-29(27)55-3)40-42-33-31(57(47,48)49)15-19-13-21(5-9-25(19)35(33)44)38-37(46)39-22-6-10-26-20(14-22)16-32(58(50,51)52)34(36(26)45)43-41-24-8-12-28(54-2)30(18-24)56-4/h5-18,40-41H,1-4H3,(H2,38,39,46)(H,47,48,49)(H,50,51,52)/b42-33-,43-34-. The number of ketones is 2. The lowest BCUT2D eigenvalue weighted by Gasteiger charge is -2.18. The largest absolute Gasteiger partial charge is 0.493 e. The SMILES string of the molecule is COc1ccc(N/N=C2\C(=O)c3ccc(NC(=O)Nc4ccc5c(c4)C=C(S(=O)(=O)O)/C(=N/Nc4ccc(OC)c(OC)c4)C5=O)cc3C=C2S(=O)(=O)O)cc1OC. The third kappa shape index (κ3) is 8.51. The number of allylic oxidation sites excluding steroid dienone is 2. The average Bonchev–Trinajstić information content (AvgIpc) is 3.18. The number of methoxy groups -OCH3 is 4. The Hall–Kier alpha value is -7.07. The van der Waals surface area contributed by atoms with Gasteiger partial charge in [0.1, 0.15) is 9.81 Å². The fourth-order valence-corrected chi connectivity index (χ4v) is 7.10. The number of amides is 2. The third-order valence-electron chi connectivity index (χ3n) is 8.49. The molecule has 0 aliphatic heterocycles. The number of hydrazone groups is 2. The van der Waals surface area contributed by atoms with E-state index in [1.165, 1.54) is 89.1 Å². The number of rotatable bonds is 12. The summed E-state index contributed by atoms with van der Waals surface area (Å²) in [5.74, 6) is -0.220. The molecule has 0 atom stereocenters. The van der Waals surface area contributed by atoms with Crippen LogP contribution in [0.25, 0.3) is 12.2 Å². The molecule has 2 amide bonds. The molecule has 2 aliphatic rings. The molecule has 21 heteroatoms. The number of hydrogen-bond donors (Lipinski definition) is 6. The van der Waals surface area contributed by atoms with E-state index >= 15 is 0 Å². The zero-order valence-corrected chi connectivity index (χ0v) is 32.3. The van der Waals surface area contributed by atoms with E-state index in [4.69, 9.17) is 18.9 Å². The van der Waals surface area contributed by atoms with Crippen molar-refractivity contribution in [2.45, 2.75) is 0 Å². The maximum Gasteiger partial charge on any atom is 0.323 e. The van der Waals surface area contributed by atoms with Gasteiger partial charge in [-0.15, -0.1) is 0 Å². The minimum Gasteiger partial charge on any atom is -0.493 e. The number of anilines is 4. The van der Waals surface area contributed by atoms with Gasteiger partial charge in [0.15, 0.2) is 34.4 Å². The lowest BCUT2D eigenvalue weighted by atomic mass is 9.94. The molecule has 0 saturated carbocycles. The molecular formula is C37H32N6O13S2. The minimum absolute atomic E-state index is 0.00818. The fraction of sp³-hybridized carbons (Fsp3) is 0.108. The van der Waals surface area contributed by atoms with Crippen LogP contribution in [0.3, 0.4) is 0 Å². The normalized spacial score (nSPS) is 15.1. The number of fused-ring (bicyclic) bond motifs is 2. The lowest BCUT2D eigenvalue weighted by Crippen LogP contribution is -2.27. The van der Waals surface area contributed by atoms with Crippen molar-refractivity contribution in [2.24, 2.45) is 10.2 Å². The highest BCUT2D eigenvalue weighted by atomic mass is 32.2. The molecule has 58 heavy (non-hydrogen) atoms. The first-order valence-corrected chi connectivity index (χ1v) is 19.4. The van der Waals surface area contributed by atoms with E-state index < -0.39 is 59.1 Å². The molecule has 0 bridgehead atoms. The van der Waals surface area contributed by atoms with Crippen molar-refractivity contribution < 1.29 is 59.3 Å². The van der Waals surface area contributed by atoms with Gasteiger partial charge >= 0.3 is 6.03 Å². The van der Waals surface area contributed by atoms with Crippen LogP contribution < -0.4 is 40.4 Å². The first-order chi connectivity index (χ1) is 27.5. The molecular weight excluding hydrogens is 801 g/mol.